The fourth-order valence-electron chi connectivity index (χ4n) is 7.91. The zero-order valence-electron chi connectivity index (χ0n) is 34.4. The number of halogens is 1. The largest absolute Gasteiger partial charge is 0.489 e. The highest BCUT2D eigenvalue weighted by atomic mass is 35.5. The fraction of sp³-hybridized carbons (Fsp3) is 0.442. The van der Waals surface area contributed by atoms with E-state index in [0.717, 1.165) is 75.6 Å². The van der Waals surface area contributed by atoms with Crippen LogP contribution in [0.4, 0.5) is 39.3 Å². The van der Waals surface area contributed by atoms with Crippen LogP contribution >= 0.6 is 11.6 Å². The molecule has 7 rings (SSSR count). The van der Waals surface area contributed by atoms with Gasteiger partial charge in [0.15, 0.2) is 15.7 Å². The number of benzene rings is 3. The van der Waals surface area contributed by atoms with Crippen molar-refractivity contribution >= 4 is 67.9 Å². The second-order valence-corrected chi connectivity index (χ2v) is 18.9. The van der Waals surface area contributed by atoms with Gasteiger partial charge in [0, 0.05) is 82.3 Å². The number of hydrogen-bond acceptors (Lipinski definition) is 12. The van der Waals surface area contributed by atoms with E-state index in [1.807, 2.05) is 26.0 Å². The molecule has 0 atom stereocenters. The lowest BCUT2D eigenvalue weighted by molar-refractivity contribution is -0.120. The zero-order valence-corrected chi connectivity index (χ0v) is 35.9. The maximum atomic E-state index is 13.1. The van der Waals surface area contributed by atoms with Gasteiger partial charge in [0.1, 0.15) is 10.8 Å². The number of para-hydroxylation sites is 1. The second kappa shape index (κ2) is 18.1. The van der Waals surface area contributed by atoms with Crippen LogP contribution in [0.2, 0.25) is 5.02 Å². The highest BCUT2D eigenvalue weighted by Crippen LogP contribution is 2.38. The van der Waals surface area contributed by atoms with Crippen molar-refractivity contribution in [3.8, 4) is 5.75 Å². The van der Waals surface area contributed by atoms with Crippen LogP contribution in [-0.2, 0) is 21.2 Å². The highest BCUT2D eigenvalue weighted by molar-refractivity contribution is 7.92. The van der Waals surface area contributed by atoms with E-state index in [1.165, 1.54) is 11.8 Å². The van der Waals surface area contributed by atoms with E-state index in [4.69, 9.17) is 16.3 Å². The van der Waals surface area contributed by atoms with Crippen LogP contribution in [-0.4, -0.2) is 103 Å². The average molecular weight is 844 g/mol. The maximum absolute atomic E-state index is 13.1. The smallest absolute Gasteiger partial charge is 0.328 e. The molecule has 14 nitrogen and oxygen atoms in total. The van der Waals surface area contributed by atoms with Gasteiger partial charge in [-0.3, -0.25) is 24.8 Å². The third kappa shape index (κ3) is 9.92. The van der Waals surface area contributed by atoms with Gasteiger partial charge in [0.05, 0.1) is 33.8 Å². The van der Waals surface area contributed by atoms with Crippen LogP contribution in [0.5, 0.6) is 5.75 Å². The Morgan fingerprint density at radius 2 is 1.61 bits per heavy atom. The summed E-state index contributed by atoms with van der Waals surface area (Å²) in [6, 6.07) is 19.2. The van der Waals surface area contributed by atoms with Gasteiger partial charge in [0.25, 0.3) is 0 Å². The molecule has 4 aromatic rings. The molecule has 3 aromatic carbocycles. The minimum atomic E-state index is -3.57. The highest BCUT2D eigenvalue weighted by Gasteiger charge is 2.30. The molecule has 314 valence electrons. The van der Waals surface area contributed by atoms with E-state index in [0.29, 0.717) is 36.1 Å². The van der Waals surface area contributed by atoms with Gasteiger partial charge in [0.2, 0.25) is 11.9 Å². The van der Waals surface area contributed by atoms with Crippen molar-refractivity contribution in [1.82, 2.24) is 25.1 Å². The quantitative estimate of drug-likeness (QED) is 0.126. The Kier molecular flexibility index (Phi) is 13.0. The predicted molar refractivity (Wildman–Crippen MR) is 233 cm³/mol. The molecule has 3 aliphatic heterocycles. The first-order chi connectivity index (χ1) is 28.2. The number of nitrogens with zero attached hydrogens (tertiary/aromatic N) is 6. The first kappa shape index (κ1) is 42.2. The molecule has 3 saturated heterocycles. The van der Waals surface area contributed by atoms with Crippen molar-refractivity contribution in [2.75, 3.05) is 66.2 Å². The fourth-order valence-corrected chi connectivity index (χ4v) is 9.25. The summed E-state index contributed by atoms with van der Waals surface area (Å²) in [7, 11) is -3.57. The number of aryl methyl sites for hydroxylation is 1. The Balaban J connectivity index is 0.957. The first-order valence-corrected chi connectivity index (χ1v) is 22.3. The molecule has 59 heavy (non-hydrogen) atoms. The SMILES string of the molecule is Cc1cc(Nc2ncc(Cl)c(Nc3ccccc3S(=O)(=O)C(C)C)n2)c(OC(C)C)cc1N1CCC(N2CCN(Cc3ccc(N4CCC(=O)NC4=O)cc3)CC2)CC1. The van der Waals surface area contributed by atoms with E-state index >= 15 is 0 Å². The summed E-state index contributed by atoms with van der Waals surface area (Å²) in [5, 5.41) is 8.50. The Labute approximate surface area is 352 Å². The summed E-state index contributed by atoms with van der Waals surface area (Å²) >= 11 is 6.52. The summed E-state index contributed by atoms with van der Waals surface area (Å²) in [6.45, 7) is 16.6. The molecule has 16 heteroatoms. The second-order valence-electron chi connectivity index (χ2n) is 16.0. The van der Waals surface area contributed by atoms with Gasteiger partial charge >= 0.3 is 6.03 Å². The van der Waals surface area contributed by atoms with Gasteiger partial charge in [-0.05, 0) is 88.9 Å². The number of rotatable bonds is 13. The third-order valence-corrected chi connectivity index (χ3v) is 13.6. The lowest BCUT2D eigenvalue weighted by Crippen LogP contribution is -2.53. The number of carbonyl (C=O) groups is 2. The van der Waals surface area contributed by atoms with E-state index in [1.54, 1.807) is 43.0 Å². The molecular formula is C43H54ClN9O5S. The third-order valence-electron chi connectivity index (χ3n) is 11.2. The molecular weight excluding hydrogens is 790 g/mol. The van der Waals surface area contributed by atoms with Crippen LogP contribution in [0, 0.1) is 6.92 Å². The summed E-state index contributed by atoms with van der Waals surface area (Å²) in [6.07, 6.45) is 3.87. The Morgan fingerprint density at radius 1 is 0.898 bits per heavy atom. The minimum Gasteiger partial charge on any atom is -0.489 e. The zero-order chi connectivity index (χ0) is 41.8. The number of carbonyl (C=O) groups excluding carboxylic acids is 2. The van der Waals surface area contributed by atoms with Crippen LogP contribution in [0.1, 0.15) is 58.1 Å². The molecule has 0 bridgehead atoms. The lowest BCUT2D eigenvalue weighted by atomic mass is 10.00. The molecule has 3 N–H and O–H groups in total. The van der Waals surface area contributed by atoms with Crippen LogP contribution < -0.4 is 30.5 Å². The van der Waals surface area contributed by atoms with Gasteiger partial charge in [-0.25, -0.2) is 18.2 Å². The molecule has 0 saturated carbocycles. The van der Waals surface area contributed by atoms with E-state index in [9.17, 15) is 18.0 Å². The Morgan fingerprint density at radius 3 is 2.29 bits per heavy atom. The van der Waals surface area contributed by atoms with Crippen molar-refractivity contribution in [1.29, 1.82) is 0 Å². The van der Waals surface area contributed by atoms with Crippen molar-refractivity contribution in [2.45, 2.75) is 82.7 Å². The van der Waals surface area contributed by atoms with E-state index in [2.05, 4.69) is 71.8 Å². The number of ether oxygens (including phenoxy) is 1. The van der Waals surface area contributed by atoms with Gasteiger partial charge in [-0.2, -0.15) is 4.98 Å². The molecule has 3 fully saturated rings. The number of urea groups is 1. The number of imide groups is 1. The molecule has 3 amide bonds. The molecule has 4 heterocycles. The number of amides is 3. The number of sulfone groups is 1. The molecule has 0 unspecified atom stereocenters. The summed E-state index contributed by atoms with van der Waals surface area (Å²) < 4.78 is 32.5. The van der Waals surface area contributed by atoms with Gasteiger partial charge < -0.3 is 20.3 Å². The standard InChI is InChI=1S/C43H54ClN9O5S/c1-28(2)58-38-25-37(30(5)24-36(38)47-42-45-26-34(44)41(49-42)46-35-8-6-7-9-39(35)59(56,57)29(3)4)52-17-14-32(15-18-52)51-22-20-50(21-23-51)27-31-10-12-33(13-11-31)53-19-16-40(54)48-43(53)55/h6-13,24-26,28-29,32H,14-23,27H2,1-5H3,(H,48,54,55)(H2,45,46,47,49). The van der Waals surface area contributed by atoms with E-state index < -0.39 is 15.1 Å². The normalized spacial score (nSPS) is 17.4. The topological polar surface area (TPSA) is 152 Å². The first-order valence-electron chi connectivity index (χ1n) is 20.4. The van der Waals surface area contributed by atoms with Crippen LogP contribution in [0.25, 0.3) is 0 Å². The number of nitrogens with one attached hydrogen (secondary N) is 3. The maximum Gasteiger partial charge on any atom is 0.328 e. The van der Waals surface area contributed by atoms with Gasteiger partial charge in [-0.15, -0.1) is 0 Å². The summed E-state index contributed by atoms with van der Waals surface area (Å²) in [4.78, 5) is 42.2. The van der Waals surface area contributed by atoms with Crippen molar-refractivity contribution in [3.63, 3.8) is 0 Å². The van der Waals surface area contributed by atoms with Crippen LogP contribution in [0.15, 0.2) is 71.8 Å². The number of hydrogen-bond donors (Lipinski definition) is 3. The summed E-state index contributed by atoms with van der Waals surface area (Å²) in [5.41, 5.74) is 5.35. The van der Waals surface area contributed by atoms with Crippen molar-refractivity contribution in [2.24, 2.45) is 0 Å². The Bertz CT molecular complexity index is 2260. The van der Waals surface area contributed by atoms with Crippen molar-refractivity contribution < 1.29 is 22.7 Å². The molecule has 0 aliphatic carbocycles. The lowest BCUT2D eigenvalue weighted by Gasteiger charge is -2.43. The predicted octanol–water partition coefficient (Wildman–Crippen LogP) is 7.13. The minimum absolute atomic E-state index is 0.0755. The molecule has 0 spiro atoms. The molecule has 0 radical (unpaired) electrons. The summed E-state index contributed by atoms with van der Waals surface area (Å²) in [5.74, 6) is 1.01. The Hall–Kier alpha value is -4.96. The average Bonchev–Trinajstić information content (AvgIpc) is 3.21. The number of piperazine rings is 1. The van der Waals surface area contributed by atoms with Crippen molar-refractivity contribution in [3.05, 3.63) is 83.0 Å². The number of piperidine rings is 1. The molecule has 3 aliphatic rings. The van der Waals surface area contributed by atoms with E-state index in [-0.39, 0.29) is 39.7 Å². The monoisotopic (exact) mass is 843 g/mol. The molecule has 1 aromatic heterocycles. The number of aromatic nitrogens is 2. The van der Waals surface area contributed by atoms with Crippen LogP contribution in [0.3, 0.4) is 0 Å². The van der Waals surface area contributed by atoms with Gasteiger partial charge in [-0.1, -0.05) is 35.9 Å². The number of anilines is 6.